The number of benzene rings is 1. The maximum Gasteiger partial charge on any atom is 0.405 e. The van der Waals surface area contributed by atoms with Crippen molar-refractivity contribution in [3.8, 4) is 17.3 Å². The van der Waals surface area contributed by atoms with Crippen LogP contribution < -0.4 is 10.1 Å². The third-order valence-electron chi connectivity index (χ3n) is 8.82. The number of aryl methyl sites for hydroxylation is 1. The molecule has 2 atom stereocenters. The number of carboxylic acid groups (broad SMARTS) is 1. The number of rotatable bonds is 11. The van der Waals surface area contributed by atoms with E-state index in [4.69, 9.17) is 19.8 Å². The van der Waals surface area contributed by atoms with Crippen LogP contribution in [0, 0.1) is 11.9 Å². The molecule has 2 N–H and O–H groups in total. The second kappa shape index (κ2) is 11.7. The molecule has 0 bridgehead atoms. The fourth-order valence-corrected chi connectivity index (χ4v) is 6.20. The van der Waals surface area contributed by atoms with Crippen LogP contribution >= 0.6 is 0 Å². The molecule has 1 saturated carbocycles. The molecule has 46 heavy (non-hydrogen) atoms. The summed E-state index contributed by atoms with van der Waals surface area (Å²) in [5.41, 5.74) is 4.07. The number of hydrogen-bond acceptors (Lipinski definition) is 6. The van der Waals surface area contributed by atoms with E-state index in [1.165, 1.54) is 17.4 Å². The topological polar surface area (TPSA) is 132 Å². The molecule has 5 aromatic rings. The van der Waals surface area contributed by atoms with Gasteiger partial charge in [-0.05, 0) is 43.9 Å². The highest BCUT2D eigenvalue weighted by atomic mass is 19.1. The second-order valence-electron chi connectivity index (χ2n) is 12.2. The smallest absolute Gasteiger partial charge is 0.405 e. The summed E-state index contributed by atoms with van der Waals surface area (Å²) in [6, 6.07) is 8.61. The highest BCUT2D eigenvalue weighted by Crippen LogP contribution is 2.39. The number of para-hydroxylation sites is 1. The van der Waals surface area contributed by atoms with Gasteiger partial charge in [0.15, 0.2) is 11.5 Å². The minimum Gasteiger partial charge on any atom is -0.489 e. The molecule has 14 heteroatoms. The van der Waals surface area contributed by atoms with Crippen LogP contribution in [0.3, 0.4) is 0 Å². The van der Waals surface area contributed by atoms with E-state index in [2.05, 4.69) is 20.9 Å². The standard InChI is InChI=1S/C32H34F2N8O4/c1-18(41-15-27(34)35-17-41)16-46-26-5-3-4-20-10-25(42(28(20)26)13-19-6-7-19)30-38-24-11-22-23(37-29(24)39(30)2)8-9-40(31(22)43)14-21(12-33)36-32(44)45/h3-5,10-11,15,17-19,21,36H,6-9,12-14,16H2,1-2H3,(H,44,45)/t18-,21-/m1/s1. The Morgan fingerprint density at radius 2 is 2.07 bits per heavy atom. The lowest BCUT2D eigenvalue weighted by atomic mass is 10.0. The van der Waals surface area contributed by atoms with Crippen molar-refractivity contribution in [1.29, 1.82) is 0 Å². The van der Waals surface area contributed by atoms with Crippen LogP contribution in [0.4, 0.5) is 13.6 Å². The van der Waals surface area contributed by atoms with E-state index in [0.717, 1.165) is 41.7 Å². The Bertz CT molecular complexity index is 1960. The van der Waals surface area contributed by atoms with Crippen LogP contribution in [-0.4, -0.2) is 83.1 Å². The summed E-state index contributed by atoms with van der Waals surface area (Å²) in [5.74, 6) is 1.10. The van der Waals surface area contributed by atoms with Crippen molar-refractivity contribution in [2.24, 2.45) is 13.0 Å². The predicted octanol–water partition coefficient (Wildman–Crippen LogP) is 4.58. The van der Waals surface area contributed by atoms with Gasteiger partial charge < -0.3 is 33.8 Å². The molecule has 1 aliphatic carbocycles. The number of imidazole rings is 2. The number of pyridine rings is 1. The van der Waals surface area contributed by atoms with Gasteiger partial charge in [0, 0.05) is 38.5 Å². The van der Waals surface area contributed by atoms with E-state index < -0.39 is 24.8 Å². The van der Waals surface area contributed by atoms with Crippen LogP contribution in [0.2, 0.25) is 0 Å². The molecule has 0 spiro atoms. The fraction of sp³-hybridized carbons (Fsp3) is 0.406. The number of halogens is 2. The van der Waals surface area contributed by atoms with Crippen LogP contribution in [0.15, 0.2) is 42.9 Å². The lowest BCUT2D eigenvalue weighted by Gasteiger charge is -2.30. The lowest BCUT2D eigenvalue weighted by Crippen LogP contribution is -2.48. The maximum absolute atomic E-state index is 13.5. The highest BCUT2D eigenvalue weighted by Gasteiger charge is 2.31. The molecule has 0 radical (unpaired) electrons. The van der Waals surface area contributed by atoms with Gasteiger partial charge in [0.2, 0.25) is 5.95 Å². The molecular formula is C32H34F2N8O4. The van der Waals surface area contributed by atoms with Crippen molar-refractivity contribution in [3.05, 3.63) is 60.1 Å². The summed E-state index contributed by atoms with van der Waals surface area (Å²) in [5, 5.41) is 12.1. The summed E-state index contributed by atoms with van der Waals surface area (Å²) in [6.45, 7) is 2.37. The van der Waals surface area contributed by atoms with Crippen molar-refractivity contribution in [3.63, 3.8) is 0 Å². The summed E-state index contributed by atoms with van der Waals surface area (Å²) >= 11 is 0. The fourth-order valence-electron chi connectivity index (χ4n) is 6.20. The molecule has 5 heterocycles. The molecule has 0 unspecified atom stereocenters. The number of nitrogens with one attached hydrogen (secondary N) is 1. The number of carbonyl (C=O) groups is 2. The van der Waals surface area contributed by atoms with E-state index in [1.807, 2.05) is 36.7 Å². The highest BCUT2D eigenvalue weighted by molar-refractivity contribution is 5.99. The minimum atomic E-state index is -1.34. The SMILES string of the molecule is C[C@H](COc1cccc2cc(-c3nc4cc5c(nc4n3C)CCN(C[C@@H](CF)NC(=O)O)C5=O)n(CC3CC3)c12)n1cnc(F)c1. The van der Waals surface area contributed by atoms with Gasteiger partial charge in [-0.2, -0.15) is 4.39 Å². The average Bonchev–Trinajstić information content (AvgIpc) is 3.50. The van der Waals surface area contributed by atoms with Crippen LogP contribution in [0.25, 0.3) is 33.6 Å². The van der Waals surface area contributed by atoms with E-state index in [0.29, 0.717) is 53.7 Å². The Morgan fingerprint density at radius 1 is 1.24 bits per heavy atom. The Hall–Kier alpha value is -5.01. The van der Waals surface area contributed by atoms with Gasteiger partial charge in [0.25, 0.3) is 5.91 Å². The first-order valence-electron chi connectivity index (χ1n) is 15.4. The summed E-state index contributed by atoms with van der Waals surface area (Å²) < 4.78 is 39.2. The quantitative estimate of drug-likeness (QED) is 0.218. The van der Waals surface area contributed by atoms with Crippen molar-refractivity contribution in [1.82, 2.24) is 38.9 Å². The molecule has 7 rings (SSSR count). The number of aromatic nitrogens is 6. The number of fused-ring (bicyclic) bond motifs is 3. The number of carbonyl (C=O) groups excluding carboxylic acids is 1. The van der Waals surface area contributed by atoms with Crippen LogP contribution in [0.1, 0.15) is 41.9 Å². The van der Waals surface area contributed by atoms with E-state index in [9.17, 15) is 18.4 Å². The Balaban J connectivity index is 1.23. The van der Waals surface area contributed by atoms with Gasteiger partial charge in [-0.15, -0.1) is 0 Å². The lowest BCUT2D eigenvalue weighted by molar-refractivity contribution is 0.0712. The Kier molecular flexibility index (Phi) is 7.57. The van der Waals surface area contributed by atoms with E-state index in [1.54, 1.807) is 10.6 Å². The van der Waals surface area contributed by atoms with Crippen molar-refractivity contribution in [2.75, 3.05) is 26.4 Å². The average molecular weight is 633 g/mol. The molecule has 4 aromatic heterocycles. The molecular weight excluding hydrogens is 598 g/mol. The maximum atomic E-state index is 13.5. The third-order valence-corrected chi connectivity index (χ3v) is 8.82. The molecule has 2 amide bonds. The first-order valence-corrected chi connectivity index (χ1v) is 15.4. The zero-order valence-corrected chi connectivity index (χ0v) is 25.5. The zero-order valence-electron chi connectivity index (χ0n) is 25.5. The minimum absolute atomic E-state index is 0.0732. The molecule has 1 fully saturated rings. The van der Waals surface area contributed by atoms with Gasteiger partial charge in [-0.3, -0.25) is 4.79 Å². The van der Waals surface area contributed by atoms with E-state index >= 15 is 0 Å². The first-order chi connectivity index (χ1) is 22.2. The largest absolute Gasteiger partial charge is 0.489 e. The predicted molar refractivity (Wildman–Crippen MR) is 165 cm³/mol. The molecule has 1 aliphatic heterocycles. The molecule has 240 valence electrons. The van der Waals surface area contributed by atoms with Gasteiger partial charge in [0.1, 0.15) is 24.5 Å². The Labute approximate surface area is 262 Å². The van der Waals surface area contributed by atoms with Gasteiger partial charge in [-0.25, -0.2) is 24.1 Å². The van der Waals surface area contributed by atoms with E-state index in [-0.39, 0.29) is 18.5 Å². The number of ether oxygens (including phenoxy) is 1. The monoisotopic (exact) mass is 632 g/mol. The number of amides is 2. The normalized spacial score (nSPS) is 16.2. The van der Waals surface area contributed by atoms with Crippen molar-refractivity contribution >= 4 is 34.1 Å². The molecule has 12 nitrogen and oxygen atoms in total. The first kappa shape index (κ1) is 29.7. The molecule has 0 saturated heterocycles. The van der Waals surface area contributed by atoms with Crippen LogP contribution in [-0.2, 0) is 20.0 Å². The number of nitrogens with zero attached hydrogens (tertiary/aromatic N) is 7. The number of hydrogen-bond donors (Lipinski definition) is 2. The zero-order chi connectivity index (χ0) is 32.1. The van der Waals surface area contributed by atoms with Gasteiger partial charge >= 0.3 is 6.09 Å². The molecule has 1 aromatic carbocycles. The van der Waals surface area contributed by atoms with Gasteiger partial charge in [-0.1, -0.05) is 12.1 Å². The second-order valence-corrected chi connectivity index (χ2v) is 12.2. The summed E-state index contributed by atoms with van der Waals surface area (Å²) in [6.07, 6.45) is 4.21. The van der Waals surface area contributed by atoms with Crippen molar-refractivity contribution < 1.29 is 28.2 Å². The summed E-state index contributed by atoms with van der Waals surface area (Å²) in [7, 11) is 1.91. The summed E-state index contributed by atoms with van der Waals surface area (Å²) in [4.78, 5) is 39.4. The van der Waals surface area contributed by atoms with Gasteiger partial charge in [0.05, 0.1) is 47.1 Å². The number of alkyl halides is 1. The molecule has 2 aliphatic rings. The van der Waals surface area contributed by atoms with Crippen LogP contribution in [0.5, 0.6) is 5.75 Å². The Morgan fingerprint density at radius 3 is 2.78 bits per heavy atom. The van der Waals surface area contributed by atoms with Crippen molar-refractivity contribution in [2.45, 2.75) is 44.8 Å². The third kappa shape index (κ3) is 5.52.